The molecule has 0 radical (unpaired) electrons. The summed E-state index contributed by atoms with van der Waals surface area (Å²) >= 11 is 0. The molecule has 4 heteroatoms. The summed E-state index contributed by atoms with van der Waals surface area (Å²) in [6.07, 6.45) is 1.01. The number of rotatable bonds is 5. The van der Waals surface area contributed by atoms with Crippen molar-refractivity contribution in [2.45, 2.75) is 20.3 Å². The fourth-order valence-corrected chi connectivity index (χ4v) is 1.78. The lowest BCUT2D eigenvalue weighted by atomic mass is 10.1. The zero-order valence-electron chi connectivity index (χ0n) is 9.70. The Morgan fingerprint density at radius 2 is 2.33 bits per heavy atom. The monoisotopic (exact) mass is 214 g/mol. The van der Waals surface area contributed by atoms with E-state index in [0.29, 0.717) is 18.4 Å². The second-order valence-electron chi connectivity index (χ2n) is 4.77. The molecule has 1 heterocycles. The third kappa shape index (κ3) is 4.62. The molecule has 1 aliphatic heterocycles. The maximum atomic E-state index is 11.5. The molecule has 1 fully saturated rings. The molecule has 1 rings (SSSR count). The van der Waals surface area contributed by atoms with Crippen LogP contribution in [-0.2, 0) is 4.79 Å². The summed E-state index contributed by atoms with van der Waals surface area (Å²) in [5, 5.41) is 11.9. The highest BCUT2D eigenvalue weighted by molar-refractivity contribution is 5.78. The van der Waals surface area contributed by atoms with Crippen LogP contribution in [0.25, 0.3) is 0 Å². The fraction of sp³-hybridized carbons (Fsp3) is 0.909. The van der Waals surface area contributed by atoms with Gasteiger partial charge in [-0.05, 0) is 24.8 Å². The maximum absolute atomic E-state index is 11.5. The third-order valence-electron chi connectivity index (χ3n) is 2.70. The van der Waals surface area contributed by atoms with Gasteiger partial charge in [0.05, 0.1) is 6.54 Å². The van der Waals surface area contributed by atoms with Crippen molar-refractivity contribution in [1.82, 2.24) is 10.2 Å². The number of nitrogens with zero attached hydrogens (tertiary/aromatic N) is 1. The smallest absolute Gasteiger partial charge is 0.234 e. The number of hydrogen-bond acceptors (Lipinski definition) is 3. The summed E-state index contributed by atoms with van der Waals surface area (Å²) in [5.41, 5.74) is 0. The maximum Gasteiger partial charge on any atom is 0.234 e. The highest BCUT2D eigenvalue weighted by Crippen LogP contribution is 2.14. The fourth-order valence-electron chi connectivity index (χ4n) is 1.78. The average molecular weight is 214 g/mol. The highest BCUT2D eigenvalue weighted by Gasteiger charge is 2.22. The van der Waals surface area contributed by atoms with Crippen LogP contribution in [0.15, 0.2) is 0 Å². The quantitative estimate of drug-likeness (QED) is 0.681. The van der Waals surface area contributed by atoms with Gasteiger partial charge in [0.25, 0.3) is 0 Å². The first-order chi connectivity index (χ1) is 7.11. The van der Waals surface area contributed by atoms with Crippen molar-refractivity contribution in [3.63, 3.8) is 0 Å². The Morgan fingerprint density at radius 1 is 1.60 bits per heavy atom. The summed E-state index contributed by atoms with van der Waals surface area (Å²) in [4.78, 5) is 13.6. The number of nitrogens with one attached hydrogen (secondary N) is 1. The van der Waals surface area contributed by atoms with Gasteiger partial charge in [0, 0.05) is 19.7 Å². The Balaban J connectivity index is 2.16. The van der Waals surface area contributed by atoms with Crippen LogP contribution in [0.3, 0.4) is 0 Å². The molecular weight excluding hydrogens is 192 g/mol. The summed E-state index contributed by atoms with van der Waals surface area (Å²) in [5.74, 6) is 0.961. The number of carbonyl (C=O) groups excluding carboxylic acids is 1. The van der Waals surface area contributed by atoms with E-state index >= 15 is 0 Å². The molecule has 0 aromatic heterocycles. The van der Waals surface area contributed by atoms with E-state index in [1.165, 1.54) is 0 Å². The lowest BCUT2D eigenvalue weighted by Crippen LogP contribution is -2.37. The molecule has 0 aromatic rings. The minimum atomic E-state index is 0.0993. The van der Waals surface area contributed by atoms with Gasteiger partial charge in [0.1, 0.15) is 0 Å². The summed E-state index contributed by atoms with van der Waals surface area (Å²) in [7, 11) is 0. The summed E-state index contributed by atoms with van der Waals surface area (Å²) < 4.78 is 0. The zero-order valence-corrected chi connectivity index (χ0v) is 9.70. The molecule has 88 valence electrons. The van der Waals surface area contributed by atoms with Gasteiger partial charge in [-0.15, -0.1) is 0 Å². The molecule has 1 unspecified atom stereocenters. The van der Waals surface area contributed by atoms with Crippen LogP contribution in [0.1, 0.15) is 20.3 Å². The van der Waals surface area contributed by atoms with Crippen LogP contribution in [0.2, 0.25) is 0 Å². The second-order valence-corrected chi connectivity index (χ2v) is 4.77. The molecular formula is C11H22N2O2. The Morgan fingerprint density at radius 3 is 2.87 bits per heavy atom. The van der Waals surface area contributed by atoms with Gasteiger partial charge in [0.2, 0.25) is 5.91 Å². The number of amides is 1. The summed E-state index contributed by atoms with van der Waals surface area (Å²) in [6.45, 7) is 7.41. The molecule has 2 N–H and O–H groups in total. The lowest BCUT2D eigenvalue weighted by Gasteiger charge is -2.15. The van der Waals surface area contributed by atoms with E-state index in [1.807, 2.05) is 0 Å². The van der Waals surface area contributed by atoms with Gasteiger partial charge in [-0.3, -0.25) is 9.69 Å². The predicted octanol–water partition coefficient (Wildman–Crippen LogP) is 0.0728. The molecule has 1 saturated heterocycles. The van der Waals surface area contributed by atoms with Gasteiger partial charge in [-0.25, -0.2) is 0 Å². The number of hydrogen-bond donors (Lipinski definition) is 2. The first-order valence-corrected chi connectivity index (χ1v) is 5.71. The zero-order chi connectivity index (χ0) is 11.3. The van der Waals surface area contributed by atoms with Gasteiger partial charge in [-0.1, -0.05) is 13.8 Å². The van der Waals surface area contributed by atoms with Crippen LogP contribution >= 0.6 is 0 Å². The number of carbonyl (C=O) groups is 1. The molecule has 0 spiro atoms. The van der Waals surface area contributed by atoms with Crippen LogP contribution < -0.4 is 5.32 Å². The second kappa shape index (κ2) is 6.08. The molecule has 4 nitrogen and oxygen atoms in total. The van der Waals surface area contributed by atoms with Gasteiger partial charge < -0.3 is 10.4 Å². The molecule has 0 aliphatic carbocycles. The van der Waals surface area contributed by atoms with Crippen molar-refractivity contribution in [2.75, 3.05) is 32.8 Å². The normalized spacial score (nSPS) is 22.3. The standard InChI is InChI=1S/C11H22N2O2/c1-9(2)5-12-11(15)7-13-4-3-10(6-13)8-14/h9-10,14H,3-8H2,1-2H3,(H,12,15). The highest BCUT2D eigenvalue weighted by atomic mass is 16.3. The predicted molar refractivity (Wildman–Crippen MR) is 59.5 cm³/mol. The van der Waals surface area contributed by atoms with E-state index in [9.17, 15) is 4.79 Å². The molecule has 0 saturated carbocycles. The van der Waals surface area contributed by atoms with E-state index in [1.54, 1.807) is 0 Å². The number of aliphatic hydroxyl groups excluding tert-OH is 1. The minimum Gasteiger partial charge on any atom is -0.396 e. The largest absolute Gasteiger partial charge is 0.396 e. The Kier molecular flexibility index (Phi) is 5.05. The van der Waals surface area contributed by atoms with Gasteiger partial charge in [-0.2, -0.15) is 0 Å². The number of aliphatic hydroxyl groups is 1. The molecule has 15 heavy (non-hydrogen) atoms. The van der Waals surface area contributed by atoms with Crippen LogP contribution in [0.4, 0.5) is 0 Å². The van der Waals surface area contributed by atoms with Gasteiger partial charge >= 0.3 is 0 Å². The Hall–Kier alpha value is -0.610. The van der Waals surface area contributed by atoms with Crippen molar-refractivity contribution in [3.8, 4) is 0 Å². The van der Waals surface area contributed by atoms with Crippen molar-refractivity contribution in [1.29, 1.82) is 0 Å². The van der Waals surface area contributed by atoms with E-state index in [2.05, 4.69) is 24.1 Å². The van der Waals surface area contributed by atoms with Crippen LogP contribution in [0.5, 0.6) is 0 Å². The Labute approximate surface area is 91.6 Å². The van der Waals surface area contributed by atoms with E-state index in [0.717, 1.165) is 26.1 Å². The first kappa shape index (κ1) is 12.5. The van der Waals surface area contributed by atoms with Crippen molar-refractivity contribution < 1.29 is 9.90 Å². The average Bonchev–Trinajstić information content (AvgIpc) is 2.62. The third-order valence-corrected chi connectivity index (χ3v) is 2.70. The minimum absolute atomic E-state index is 0.0993. The van der Waals surface area contributed by atoms with E-state index < -0.39 is 0 Å². The number of likely N-dealkylation sites (tertiary alicyclic amines) is 1. The van der Waals surface area contributed by atoms with E-state index in [4.69, 9.17) is 5.11 Å². The molecule has 0 bridgehead atoms. The molecule has 0 aromatic carbocycles. The molecule has 1 aliphatic rings. The van der Waals surface area contributed by atoms with Crippen LogP contribution in [0, 0.1) is 11.8 Å². The molecule has 1 amide bonds. The van der Waals surface area contributed by atoms with E-state index in [-0.39, 0.29) is 12.5 Å². The Bertz CT molecular complexity index is 207. The van der Waals surface area contributed by atoms with Crippen molar-refractivity contribution in [3.05, 3.63) is 0 Å². The topological polar surface area (TPSA) is 52.6 Å². The van der Waals surface area contributed by atoms with Crippen molar-refractivity contribution in [2.24, 2.45) is 11.8 Å². The van der Waals surface area contributed by atoms with Gasteiger partial charge in [0.15, 0.2) is 0 Å². The summed E-state index contributed by atoms with van der Waals surface area (Å²) in [6, 6.07) is 0. The first-order valence-electron chi connectivity index (χ1n) is 5.71. The molecule has 1 atom stereocenters. The van der Waals surface area contributed by atoms with Crippen molar-refractivity contribution >= 4 is 5.91 Å². The van der Waals surface area contributed by atoms with Crippen LogP contribution in [-0.4, -0.2) is 48.7 Å². The lowest BCUT2D eigenvalue weighted by molar-refractivity contribution is -0.122. The SMILES string of the molecule is CC(C)CNC(=O)CN1CCC(CO)C1.